The molecule has 0 saturated carbocycles. The second-order valence-electron chi connectivity index (χ2n) is 7.53. The highest BCUT2D eigenvalue weighted by molar-refractivity contribution is 5.90. The minimum absolute atomic E-state index is 0.163. The molecule has 2 aromatic carbocycles. The molecule has 2 aliphatic rings. The van der Waals surface area contributed by atoms with Gasteiger partial charge in [-0.05, 0) is 24.3 Å². The summed E-state index contributed by atoms with van der Waals surface area (Å²) in [7, 11) is 0. The average molecular weight is 435 g/mol. The first-order valence-electron chi connectivity index (χ1n) is 10.4. The van der Waals surface area contributed by atoms with E-state index in [2.05, 4.69) is 20.2 Å². The smallest absolute Gasteiger partial charge is 0.321 e. The number of aromatic nitrogens is 2. The van der Waals surface area contributed by atoms with Crippen molar-refractivity contribution in [2.24, 2.45) is 0 Å². The number of urea groups is 1. The molecular formula is C23H22FN5O3. The average Bonchev–Trinajstić information content (AvgIpc) is 2.84. The van der Waals surface area contributed by atoms with Gasteiger partial charge in [-0.15, -0.1) is 0 Å². The molecule has 2 amide bonds. The van der Waals surface area contributed by atoms with Crippen molar-refractivity contribution in [3.8, 4) is 22.8 Å². The van der Waals surface area contributed by atoms with Gasteiger partial charge in [-0.3, -0.25) is 0 Å². The predicted octanol–water partition coefficient (Wildman–Crippen LogP) is 3.41. The van der Waals surface area contributed by atoms with Gasteiger partial charge in [-0.2, -0.15) is 0 Å². The van der Waals surface area contributed by atoms with Gasteiger partial charge in [0.05, 0.1) is 5.69 Å². The predicted molar refractivity (Wildman–Crippen MR) is 118 cm³/mol. The maximum absolute atomic E-state index is 13.6. The first-order chi connectivity index (χ1) is 15.7. The molecule has 32 heavy (non-hydrogen) atoms. The third-order valence-electron chi connectivity index (χ3n) is 5.46. The molecule has 2 aliphatic heterocycles. The van der Waals surface area contributed by atoms with E-state index in [-0.39, 0.29) is 11.8 Å². The monoisotopic (exact) mass is 435 g/mol. The Kier molecular flexibility index (Phi) is 5.45. The number of amides is 2. The standard InChI is InChI=1S/C23H22FN5O3/c24-17-3-1-2-16(12-17)19-14-22(26-15-25-19)28-6-8-29(9-7-28)23(30)27-18-4-5-20-21(13-18)32-11-10-31-20/h1-5,12-15H,6-11H2,(H,27,30). The molecule has 1 fully saturated rings. The summed E-state index contributed by atoms with van der Waals surface area (Å²) in [6.07, 6.45) is 1.48. The summed E-state index contributed by atoms with van der Waals surface area (Å²) in [4.78, 5) is 25.2. The molecule has 3 heterocycles. The Morgan fingerprint density at radius 3 is 2.56 bits per heavy atom. The number of rotatable bonds is 3. The molecule has 1 saturated heterocycles. The van der Waals surface area contributed by atoms with Gasteiger partial charge < -0.3 is 24.6 Å². The van der Waals surface area contributed by atoms with Crippen LogP contribution in [0.3, 0.4) is 0 Å². The van der Waals surface area contributed by atoms with Crippen LogP contribution in [0.4, 0.5) is 20.7 Å². The van der Waals surface area contributed by atoms with Crippen LogP contribution in [0, 0.1) is 5.82 Å². The van der Waals surface area contributed by atoms with E-state index < -0.39 is 0 Å². The second kappa shape index (κ2) is 8.70. The minimum atomic E-state index is -0.305. The fraction of sp³-hybridized carbons (Fsp3) is 0.261. The van der Waals surface area contributed by atoms with Crippen molar-refractivity contribution in [1.29, 1.82) is 0 Å². The van der Waals surface area contributed by atoms with E-state index in [1.54, 1.807) is 29.2 Å². The molecule has 3 aromatic rings. The number of hydrogen-bond donors (Lipinski definition) is 1. The number of nitrogens with one attached hydrogen (secondary N) is 1. The van der Waals surface area contributed by atoms with Crippen LogP contribution in [0.15, 0.2) is 54.9 Å². The molecule has 164 valence electrons. The zero-order valence-corrected chi connectivity index (χ0v) is 17.3. The number of nitrogens with zero attached hydrogens (tertiary/aromatic N) is 4. The fourth-order valence-corrected chi connectivity index (χ4v) is 3.79. The highest BCUT2D eigenvalue weighted by Crippen LogP contribution is 2.32. The van der Waals surface area contributed by atoms with Crippen LogP contribution in [0.25, 0.3) is 11.3 Å². The van der Waals surface area contributed by atoms with Gasteiger partial charge in [-0.25, -0.2) is 19.2 Å². The summed E-state index contributed by atoms with van der Waals surface area (Å²) in [5.41, 5.74) is 2.02. The Morgan fingerprint density at radius 1 is 0.938 bits per heavy atom. The van der Waals surface area contributed by atoms with Crippen molar-refractivity contribution in [3.05, 3.63) is 60.7 Å². The van der Waals surface area contributed by atoms with Gasteiger partial charge in [0, 0.05) is 49.6 Å². The second-order valence-corrected chi connectivity index (χ2v) is 7.53. The lowest BCUT2D eigenvalue weighted by Gasteiger charge is -2.35. The normalized spacial score (nSPS) is 15.4. The minimum Gasteiger partial charge on any atom is -0.486 e. The van der Waals surface area contributed by atoms with Gasteiger partial charge in [-0.1, -0.05) is 12.1 Å². The summed E-state index contributed by atoms with van der Waals surface area (Å²) in [5, 5.41) is 2.92. The number of carbonyl (C=O) groups is 1. The molecule has 0 bridgehead atoms. The molecule has 0 radical (unpaired) electrons. The number of fused-ring (bicyclic) bond motifs is 1. The molecule has 1 aromatic heterocycles. The van der Waals surface area contributed by atoms with E-state index >= 15 is 0 Å². The van der Waals surface area contributed by atoms with E-state index in [4.69, 9.17) is 9.47 Å². The van der Waals surface area contributed by atoms with Gasteiger partial charge in [0.15, 0.2) is 11.5 Å². The number of benzene rings is 2. The van der Waals surface area contributed by atoms with Crippen LogP contribution in [0.2, 0.25) is 0 Å². The Labute approximate surface area is 184 Å². The van der Waals surface area contributed by atoms with Crippen LogP contribution in [0.5, 0.6) is 11.5 Å². The molecule has 0 aliphatic carbocycles. The molecule has 5 rings (SSSR count). The van der Waals surface area contributed by atoms with E-state index in [0.717, 1.165) is 5.82 Å². The van der Waals surface area contributed by atoms with E-state index in [1.165, 1.54) is 18.5 Å². The number of anilines is 2. The Morgan fingerprint density at radius 2 is 1.75 bits per heavy atom. The lowest BCUT2D eigenvalue weighted by atomic mass is 10.1. The first kappa shape index (κ1) is 20.0. The zero-order valence-electron chi connectivity index (χ0n) is 17.3. The Bertz CT molecular complexity index is 1130. The summed E-state index contributed by atoms with van der Waals surface area (Å²) in [6.45, 7) is 3.39. The van der Waals surface area contributed by atoms with Crippen LogP contribution >= 0.6 is 0 Å². The molecule has 1 N–H and O–H groups in total. The van der Waals surface area contributed by atoms with E-state index in [9.17, 15) is 9.18 Å². The molecule has 0 atom stereocenters. The van der Waals surface area contributed by atoms with Crippen LogP contribution in [-0.4, -0.2) is 60.3 Å². The van der Waals surface area contributed by atoms with E-state index in [1.807, 2.05) is 12.1 Å². The van der Waals surface area contributed by atoms with Gasteiger partial charge in [0.25, 0.3) is 0 Å². The number of carbonyl (C=O) groups excluding carboxylic acids is 1. The number of piperazine rings is 1. The molecule has 8 nitrogen and oxygen atoms in total. The van der Waals surface area contributed by atoms with Crippen molar-refractivity contribution in [1.82, 2.24) is 14.9 Å². The quantitative estimate of drug-likeness (QED) is 0.679. The molecular weight excluding hydrogens is 413 g/mol. The largest absolute Gasteiger partial charge is 0.486 e. The summed E-state index contributed by atoms with van der Waals surface area (Å²) in [6, 6.07) is 13.4. The highest BCUT2D eigenvalue weighted by atomic mass is 19.1. The maximum atomic E-state index is 13.6. The third-order valence-corrected chi connectivity index (χ3v) is 5.46. The zero-order chi connectivity index (χ0) is 21.9. The van der Waals surface area contributed by atoms with Gasteiger partial charge in [0.2, 0.25) is 0 Å². The van der Waals surface area contributed by atoms with Crippen molar-refractivity contribution in [3.63, 3.8) is 0 Å². The van der Waals surface area contributed by atoms with Crippen molar-refractivity contribution in [2.75, 3.05) is 49.6 Å². The first-order valence-corrected chi connectivity index (χ1v) is 10.4. The van der Waals surface area contributed by atoms with Crippen molar-refractivity contribution >= 4 is 17.5 Å². The Hall–Kier alpha value is -3.88. The lowest BCUT2D eigenvalue weighted by Crippen LogP contribution is -2.50. The van der Waals surface area contributed by atoms with Crippen LogP contribution in [-0.2, 0) is 0 Å². The van der Waals surface area contributed by atoms with Crippen LogP contribution < -0.4 is 19.7 Å². The van der Waals surface area contributed by atoms with Crippen molar-refractivity contribution < 1.29 is 18.7 Å². The van der Waals surface area contributed by atoms with Crippen LogP contribution in [0.1, 0.15) is 0 Å². The summed E-state index contributed by atoms with van der Waals surface area (Å²) < 4.78 is 24.6. The highest BCUT2D eigenvalue weighted by Gasteiger charge is 2.23. The lowest BCUT2D eigenvalue weighted by molar-refractivity contribution is 0.171. The molecule has 0 spiro atoms. The SMILES string of the molecule is O=C(Nc1ccc2c(c1)OCCO2)N1CCN(c2cc(-c3cccc(F)c3)ncn2)CC1. The summed E-state index contributed by atoms with van der Waals surface area (Å²) in [5.74, 6) is 1.77. The Balaban J connectivity index is 1.21. The number of hydrogen-bond acceptors (Lipinski definition) is 6. The fourth-order valence-electron chi connectivity index (χ4n) is 3.79. The number of halogens is 1. The molecule has 9 heteroatoms. The van der Waals surface area contributed by atoms with E-state index in [0.29, 0.717) is 67.8 Å². The maximum Gasteiger partial charge on any atom is 0.321 e. The summed E-state index contributed by atoms with van der Waals surface area (Å²) >= 11 is 0. The van der Waals surface area contributed by atoms with Crippen molar-refractivity contribution in [2.45, 2.75) is 0 Å². The number of ether oxygens (including phenoxy) is 2. The van der Waals surface area contributed by atoms with Gasteiger partial charge >= 0.3 is 6.03 Å². The molecule has 0 unspecified atom stereocenters. The third kappa shape index (κ3) is 4.27. The van der Waals surface area contributed by atoms with Gasteiger partial charge in [0.1, 0.15) is 31.2 Å². The topological polar surface area (TPSA) is 79.8 Å².